The van der Waals surface area contributed by atoms with Gasteiger partial charge in [0.1, 0.15) is 0 Å². The van der Waals surface area contributed by atoms with Crippen molar-refractivity contribution < 1.29 is 9.59 Å². The lowest BCUT2D eigenvalue weighted by Gasteiger charge is -2.19. The number of hydrogen-bond donors (Lipinski definition) is 2. The number of aromatic nitrogens is 2. The molecule has 0 saturated heterocycles. The van der Waals surface area contributed by atoms with Crippen molar-refractivity contribution in [2.24, 2.45) is 0 Å². The second kappa shape index (κ2) is 7.41. The van der Waals surface area contributed by atoms with E-state index in [9.17, 15) is 9.59 Å². The Hall–Kier alpha value is -1.45. The minimum atomic E-state index is -0.253. The number of nitrogens with zero attached hydrogens (tertiary/aromatic N) is 2. The highest BCUT2D eigenvalue weighted by Gasteiger charge is 2.16. The van der Waals surface area contributed by atoms with Crippen LogP contribution in [-0.4, -0.2) is 33.3 Å². The maximum Gasteiger partial charge on any atom is 0.267 e. The Labute approximate surface area is 147 Å². The van der Waals surface area contributed by atoms with Gasteiger partial charge in [0.05, 0.1) is 10.6 Å². The Kier molecular flexibility index (Phi) is 5.77. The molecule has 0 aliphatic carbocycles. The fourth-order valence-electron chi connectivity index (χ4n) is 1.61. The second-order valence-electron chi connectivity index (χ2n) is 5.90. The van der Waals surface area contributed by atoms with E-state index in [1.54, 1.807) is 0 Å². The molecule has 2 amide bonds. The van der Waals surface area contributed by atoms with Crippen LogP contribution >= 0.6 is 34.4 Å². The summed E-state index contributed by atoms with van der Waals surface area (Å²) in [5.74, 6) is 0.0166. The molecule has 2 rings (SSSR count). The number of thioether (sulfide) groups is 1. The van der Waals surface area contributed by atoms with Gasteiger partial charge < -0.3 is 5.32 Å². The fraction of sp³-hybridized carbons (Fsp3) is 0.429. The van der Waals surface area contributed by atoms with E-state index in [1.807, 2.05) is 39.1 Å². The second-order valence-corrected chi connectivity index (χ2v) is 9.01. The highest BCUT2D eigenvalue weighted by molar-refractivity contribution is 8.01. The van der Waals surface area contributed by atoms with Crippen LogP contribution in [0.15, 0.2) is 15.8 Å². The third-order valence-electron chi connectivity index (χ3n) is 2.42. The van der Waals surface area contributed by atoms with E-state index in [0.717, 1.165) is 5.56 Å². The smallest absolute Gasteiger partial charge is 0.267 e. The summed E-state index contributed by atoms with van der Waals surface area (Å²) in [5, 5.41) is 15.9. The van der Waals surface area contributed by atoms with Crippen molar-refractivity contribution in [3.63, 3.8) is 0 Å². The van der Waals surface area contributed by atoms with Crippen LogP contribution in [0.3, 0.4) is 0 Å². The number of carbonyl (C=O) groups excluding carboxylic acids is 2. The lowest BCUT2D eigenvalue weighted by molar-refractivity contribution is -0.119. The Morgan fingerprint density at radius 2 is 2.04 bits per heavy atom. The van der Waals surface area contributed by atoms with Crippen molar-refractivity contribution in [3.05, 3.63) is 21.9 Å². The molecule has 0 saturated carbocycles. The number of carbonyl (C=O) groups is 2. The molecule has 0 aliphatic rings. The summed E-state index contributed by atoms with van der Waals surface area (Å²) in [6, 6.07) is 1.83. The van der Waals surface area contributed by atoms with Gasteiger partial charge in [-0.2, -0.15) is 0 Å². The summed E-state index contributed by atoms with van der Waals surface area (Å²) in [6.07, 6.45) is 0. The number of aryl methyl sites for hydroxylation is 1. The van der Waals surface area contributed by atoms with Crippen molar-refractivity contribution in [2.75, 3.05) is 11.1 Å². The molecule has 0 fully saturated rings. The van der Waals surface area contributed by atoms with Crippen molar-refractivity contribution in [2.45, 2.75) is 37.6 Å². The first-order chi connectivity index (χ1) is 10.7. The summed E-state index contributed by atoms with van der Waals surface area (Å²) in [4.78, 5) is 24.4. The van der Waals surface area contributed by atoms with E-state index in [-0.39, 0.29) is 23.1 Å². The molecule has 2 N–H and O–H groups in total. The van der Waals surface area contributed by atoms with Gasteiger partial charge in [-0.3, -0.25) is 14.9 Å². The highest BCUT2D eigenvalue weighted by atomic mass is 32.2. The lowest BCUT2D eigenvalue weighted by Crippen LogP contribution is -2.41. The zero-order valence-electron chi connectivity index (χ0n) is 13.3. The molecule has 0 aliphatic heterocycles. The van der Waals surface area contributed by atoms with Crippen LogP contribution < -0.4 is 10.6 Å². The Bertz CT molecular complexity index is 703. The van der Waals surface area contributed by atoms with Gasteiger partial charge in [0, 0.05) is 5.54 Å². The van der Waals surface area contributed by atoms with Crippen LogP contribution in [0.25, 0.3) is 0 Å². The molecule has 0 radical (unpaired) electrons. The van der Waals surface area contributed by atoms with E-state index < -0.39 is 0 Å². The van der Waals surface area contributed by atoms with Gasteiger partial charge in [-0.1, -0.05) is 23.1 Å². The van der Waals surface area contributed by atoms with E-state index in [4.69, 9.17) is 0 Å². The van der Waals surface area contributed by atoms with Crippen molar-refractivity contribution >= 4 is 51.4 Å². The van der Waals surface area contributed by atoms with Gasteiger partial charge in [-0.15, -0.1) is 21.5 Å². The van der Waals surface area contributed by atoms with Crippen LogP contribution in [0.4, 0.5) is 5.13 Å². The van der Waals surface area contributed by atoms with Gasteiger partial charge in [0.25, 0.3) is 5.91 Å². The van der Waals surface area contributed by atoms with E-state index in [1.165, 1.54) is 34.4 Å². The molecule has 0 bridgehead atoms. The Balaban J connectivity index is 1.86. The van der Waals surface area contributed by atoms with Gasteiger partial charge >= 0.3 is 0 Å². The summed E-state index contributed by atoms with van der Waals surface area (Å²) in [6.45, 7) is 7.73. The first-order valence-corrected chi connectivity index (χ1v) is 9.55. The molecule has 0 aromatic carbocycles. The predicted molar refractivity (Wildman–Crippen MR) is 95.5 cm³/mol. The monoisotopic (exact) mass is 370 g/mol. The lowest BCUT2D eigenvalue weighted by atomic mass is 10.1. The Morgan fingerprint density at radius 1 is 1.30 bits per heavy atom. The molecule has 2 aromatic rings. The molecule has 124 valence electrons. The number of rotatable bonds is 5. The SMILES string of the molecule is Cc1csc(C(=O)Nc2nnc(SCC(=O)NC(C)(C)C)s2)c1. The third-order valence-corrected chi connectivity index (χ3v) is 5.44. The van der Waals surface area contributed by atoms with E-state index >= 15 is 0 Å². The quantitative estimate of drug-likeness (QED) is 0.624. The van der Waals surface area contributed by atoms with Crippen LogP contribution in [0, 0.1) is 6.92 Å². The average Bonchev–Trinajstić information content (AvgIpc) is 3.03. The standard InChI is InChI=1S/C14H18N4O2S3/c1-8-5-9(21-6-8)11(20)15-12-17-18-13(23-12)22-7-10(19)16-14(2,3)4/h5-6H,7H2,1-4H3,(H,16,19)(H,15,17,20). The molecule has 0 spiro atoms. The van der Waals surface area contributed by atoms with Crippen LogP contribution in [0.2, 0.25) is 0 Å². The maximum absolute atomic E-state index is 12.0. The van der Waals surface area contributed by atoms with E-state index in [0.29, 0.717) is 14.3 Å². The fourth-order valence-corrected chi connectivity index (χ4v) is 3.95. The number of amides is 2. The van der Waals surface area contributed by atoms with Crippen LogP contribution in [-0.2, 0) is 4.79 Å². The van der Waals surface area contributed by atoms with Gasteiger partial charge in [0.15, 0.2) is 4.34 Å². The largest absolute Gasteiger partial charge is 0.351 e. The molecule has 2 aromatic heterocycles. The average molecular weight is 371 g/mol. The molecular formula is C14H18N4O2S3. The van der Waals surface area contributed by atoms with Gasteiger partial charge in [-0.25, -0.2) is 0 Å². The zero-order valence-corrected chi connectivity index (χ0v) is 15.7. The summed E-state index contributed by atoms with van der Waals surface area (Å²) in [5.41, 5.74) is 0.801. The zero-order chi connectivity index (χ0) is 17.0. The van der Waals surface area contributed by atoms with Crippen molar-refractivity contribution in [3.8, 4) is 0 Å². The van der Waals surface area contributed by atoms with Crippen molar-refractivity contribution in [1.29, 1.82) is 0 Å². The summed E-state index contributed by atoms with van der Waals surface area (Å²) in [7, 11) is 0. The molecule has 2 heterocycles. The topological polar surface area (TPSA) is 84.0 Å². The number of anilines is 1. The number of hydrogen-bond acceptors (Lipinski definition) is 7. The van der Waals surface area contributed by atoms with E-state index in [2.05, 4.69) is 20.8 Å². The van der Waals surface area contributed by atoms with Crippen LogP contribution in [0.5, 0.6) is 0 Å². The molecule has 23 heavy (non-hydrogen) atoms. The maximum atomic E-state index is 12.0. The first-order valence-electron chi connectivity index (χ1n) is 6.87. The normalized spacial score (nSPS) is 11.3. The Morgan fingerprint density at radius 3 is 2.65 bits per heavy atom. The van der Waals surface area contributed by atoms with Gasteiger partial charge in [-0.05, 0) is 44.7 Å². The summed E-state index contributed by atoms with van der Waals surface area (Å²) >= 11 is 3.95. The summed E-state index contributed by atoms with van der Waals surface area (Å²) < 4.78 is 0.645. The van der Waals surface area contributed by atoms with Crippen LogP contribution in [0.1, 0.15) is 36.0 Å². The molecule has 0 atom stereocenters. The van der Waals surface area contributed by atoms with Crippen molar-refractivity contribution in [1.82, 2.24) is 15.5 Å². The molecular weight excluding hydrogens is 352 g/mol. The number of nitrogens with one attached hydrogen (secondary N) is 2. The highest BCUT2D eigenvalue weighted by Crippen LogP contribution is 2.26. The number of thiophene rings is 1. The van der Waals surface area contributed by atoms with Gasteiger partial charge in [0.2, 0.25) is 11.0 Å². The minimum Gasteiger partial charge on any atom is -0.351 e. The predicted octanol–water partition coefficient (Wildman–Crippen LogP) is 3.17. The molecule has 0 unspecified atom stereocenters. The molecule has 9 heteroatoms. The molecule has 6 nitrogen and oxygen atoms in total. The minimum absolute atomic E-state index is 0.0580. The third kappa shape index (κ3) is 5.92. The first kappa shape index (κ1) is 17.9.